The van der Waals surface area contributed by atoms with Gasteiger partial charge in [-0.3, -0.25) is 0 Å². The van der Waals surface area contributed by atoms with Crippen molar-refractivity contribution < 1.29 is 21.7 Å². The topological polar surface area (TPSA) is 0 Å². The third-order valence-corrected chi connectivity index (χ3v) is 5.08. The van der Waals surface area contributed by atoms with Crippen molar-refractivity contribution in [2.45, 2.75) is 41.5 Å². The molecular formula is C18H33Ti. The molecule has 0 aromatic carbocycles. The van der Waals surface area contributed by atoms with E-state index >= 15 is 0 Å². The van der Waals surface area contributed by atoms with Crippen LogP contribution in [0.2, 0.25) is 0 Å². The van der Waals surface area contributed by atoms with Crippen LogP contribution in [0.4, 0.5) is 0 Å². The fraction of sp³-hybridized carbons (Fsp3) is 0.611. The Morgan fingerprint density at radius 2 is 1.21 bits per heavy atom. The molecular weight excluding hydrogens is 264 g/mol. The van der Waals surface area contributed by atoms with Gasteiger partial charge in [0.05, 0.1) is 0 Å². The summed E-state index contributed by atoms with van der Waals surface area (Å²) in [6.45, 7) is 14.3. The number of allylic oxidation sites excluding steroid dienone is 4. The summed E-state index contributed by atoms with van der Waals surface area (Å²) in [7, 11) is 0. The summed E-state index contributed by atoms with van der Waals surface area (Å²) in [6, 6.07) is 0. The molecule has 0 aromatic rings. The van der Waals surface area contributed by atoms with Crippen LogP contribution in [0, 0.1) is 51.9 Å². The van der Waals surface area contributed by atoms with Crippen molar-refractivity contribution in [2.24, 2.45) is 29.6 Å². The molecule has 5 unspecified atom stereocenters. The summed E-state index contributed by atoms with van der Waals surface area (Å²) in [6.07, 6.45) is 2.46. The van der Waals surface area contributed by atoms with Crippen LogP contribution in [0.25, 0.3) is 0 Å². The maximum Gasteiger partial charge on any atom is 3.00 e. The van der Waals surface area contributed by atoms with Crippen molar-refractivity contribution in [2.75, 3.05) is 0 Å². The van der Waals surface area contributed by atoms with Crippen LogP contribution in [-0.2, 0) is 21.7 Å². The van der Waals surface area contributed by atoms with Crippen LogP contribution in [0.5, 0.6) is 0 Å². The molecule has 2 aliphatic rings. The molecule has 0 heterocycles. The Morgan fingerprint density at radius 3 is 1.68 bits per heavy atom. The fourth-order valence-corrected chi connectivity index (χ4v) is 3.77. The first-order chi connectivity index (χ1) is 6.95. The molecule has 0 fully saturated rings. The van der Waals surface area contributed by atoms with Gasteiger partial charge in [0.2, 0.25) is 0 Å². The summed E-state index contributed by atoms with van der Waals surface area (Å²) in [5, 5.41) is 0. The molecule has 0 amide bonds. The second-order valence-electron chi connectivity index (χ2n) is 5.80. The quantitative estimate of drug-likeness (QED) is 0.392. The van der Waals surface area contributed by atoms with Crippen LogP contribution < -0.4 is 0 Å². The van der Waals surface area contributed by atoms with Crippen molar-refractivity contribution in [3.63, 3.8) is 0 Å². The van der Waals surface area contributed by atoms with Crippen molar-refractivity contribution >= 4 is 0 Å². The minimum atomic E-state index is 0. The molecule has 1 heteroatoms. The van der Waals surface area contributed by atoms with Gasteiger partial charge in [-0.2, -0.15) is 0 Å². The molecule has 0 saturated carbocycles. The molecule has 0 aromatic heterocycles. The zero-order valence-electron chi connectivity index (χ0n) is 14.5. The summed E-state index contributed by atoms with van der Waals surface area (Å²) >= 11 is 0. The van der Waals surface area contributed by atoms with E-state index in [1.165, 1.54) is 0 Å². The third kappa shape index (κ3) is 3.64. The van der Waals surface area contributed by atoms with Crippen molar-refractivity contribution in [1.29, 1.82) is 0 Å². The molecule has 5 atom stereocenters. The minimum Gasteiger partial charge on any atom is -0.358 e. The molecule has 2 rings (SSSR count). The van der Waals surface area contributed by atoms with E-state index in [-0.39, 0.29) is 44.0 Å². The Hall–Kier alpha value is 0.194. The molecule has 0 aliphatic heterocycles. The van der Waals surface area contributed by atoms with Gasteiger partial charge in [-0.1, -0.05) is 51.8 Å². The standard InChI is InChI=1S/C15H24.3CH3.Ti/c1-8-7-9(2)15-13(6)11(4)10(3)12(5)14(8)15;;;;/h7-8,10-13H,1-6H3;3*1H3;/q;3*-1;+3. The number of rotatable bonds is 0. The molecule has 0 N–H and O–H groups in total. The smallest absolute Gasteiger partial charge is 0.358 e. The maximum atomic E-state index is 2.46. The Morgan fingerprint density at radius 1 is 0.789 bits per heavy atom. The van der Waals surface area contributed by atoms with Gasteiger partial charge in [-0.15, -0.1) is 0 Å². The first-order valence-corrected chi connectivity index (χ1v) is 6.37. The Bertz CT molecular complexity index is 338. The number of hydrogen-bond donors (Lipinski definition) is 0. The zero-order valence-corrected chi connectivity index (χ0v) is 16.0. The summed E-state index contributed by atoms with van der Waals surface area (Å²) in [5.74, 6) is 3.88. The van der Waals surface area contributed by atoms with Gasteiger partial charge in [-0.05, 0) is 42.1 Å². The molecule has 109 valence electrons. The molecule has 0 saturated heterocycles. The maximum absolute atomic E-state index is 2.46. The second kappa shape index (κ2) is 8.47. The second-order valence-corrected chi connectivity index (χ2v) is 5.80. The van der Waals surface area contributed by atoms with E-state index in [1.807, 2.05) is 0 Å². The van der Waals surface area contributed by atoms with Crippen LogP contribution >= 0.6 is 0 Å². The summed E-state index contributed by atoms with van der Waals surface area (Å²) < 4.78 is 0. The molecule has 0 nitrogen and oxygen atoms in total. The normalized spacial score (nSPS) is 35.9. The first kappa shape index (κ1) is 24.2. The van der Waals surface area contributed by atoms with Crippen LogP contribution in [0.15, 0.2) is 22.8 Å². The van der Waals surface area contributed by atoms with Crippen LogP contribution in [0.1, 0.15) is 41.5 Å². The van der Waals surface area contributed by atoms with E-state index in [0.29, 0.717) is 5.92 Å². The van der Waals surface area contributed by atoms with Crippen molar-refractivity contribution in [3.05, 3.63) is 45.1 Å². The molecule has 19 heavy (non-hydrogen) atoms. The predicted molar refractivity (Wildman–Crippen MR) is 85.8 cm³/mol. The summed E-state index contributed by atoms with van der Waals surface area (Å²) in [5.41, 5.74) is 4.99. The van der Waals surface area contributed by atoms with Crippen molar-refractivity contribution in [1.82, 2.24) is 0 Å². The van der Waals surface area contributed by atoms with E-state index in [0.717, 1.165) is 23.7 Å². The predicted octanol–water partition coefficient (Wildman–Crippen LogP) is 5.79. The van der Waals surface area contributed by atoms with Gasteiger partial charge in [0, 0.05) is 0 Å². The third-order valence-electron chi connectivity index (χ3n) is 5.08. The van der Waals surface area contributed by atoms with Gasteiger partial charge < -0.3 is 22.3 Å². The fourth-order valence-electron chi connectivity index (χ4n) is 3.77. The average molecular weight is 297 g/mol. The van der Waals surface area contributed by atoms with E-state index in [2.05, 4.69) is 47.6 Å². The summed E-state index contributed by atoms with van der Waals surface area (Å²) in [4.78, 5) is 0. The average Bonchev–Trinajstić information content (AvgIpc) is 2.47. The van der Waals surface area contributed by atoms with Gasteiger partial charge in [-0.25, -0.2) is 0 Å². The SMILES string of the molecule is CC1=CC(C)C2=C1C(C)C(C)C(C)C2C.[CH3-].[CH3-].[CH3-].[Ti+3]. The van der Waals surface area contributed by atoms with Crippen LogP contribution in [0.3, 0.4) is 0 Å². The first-order valence-electron chi connectivity index (χ1n) is 6.37. The van der Waals surface area contributed by atoms with E-state index in [9.17, 15) is 0 Å². The van der Waals surface area contributed by atoms with Crippen molar-refractivity contribution in [3.8, 4) is 0 Å². The Labute approximate surface area is 138 Å². The number of hydrogen-bond acceptors (Lipinski definition) is 0. The van der Waals surface area contributed by atoms with Gasteiger partial charge >= 0.3 is 21.7 Å². The van der Waals surface area contributed by atoms with E-state index in [4.69, 9.17) is 0 Å². The van der Waals surface area contributed by atoms with E-state index in [1.54, 1.807) is 16.7 Å². The molecule has 2 aliphatic carbocycles. The molecule has 0 spiro atoms. The largest absolute Gasteiger partial charge is 3.00 e. The molecule has 1 radical (unpaired) electrons. The molecule has 0 bridgehead atoms. The minimum absolute atomic E-state index is 0. The zero-order chi connectivity index (χ0) is 11.3. The Kier molecular flexibility index (Phi) is 10.8. The van der Waals surface area contributed by atoms with Gasteiger partial charge in [0.15, 0.2) is 0 Å². The van der Waals surface area contributed by atoms with Gasteiger partial charge in [0.1, 0.15) is 0 Å². The van der Waals surface area contributed by atoms with Crippen LogP contribution in [-0.4, -0.2) is 0 Å². The Balaban J connectivity index is -0.000000640. The van der Waals surface area contributed by atoms with E-state index < -0.39 is 0 Å². The van der Waals surface area contributed by atoms with Gasteiger partial charge in [0.25, 0.3) is 0 Å². The monoisotopic (exact) mass is 297 g/mol.